The van der Waals surface area contributed by atoms with Gasteiger partial charge in [0.2, 0.25) is 11.8 Å². The molecule has 2 aliphatic rings. The van der Waals surface area contributed by atoms with E-state index in [1.165, 1.54) is 6.42 Å². The Morgan fingerprint density at radius 1 is 0.851 bits per heavy atom. The van der Waals surface area contributed by atoms with Gasteiger partial charge in [0.25, 0.3) is 5.91 Å². The van der Waals surface area contributed by atoms with Crippen LogP contribution in [-0.4, -0.2) is 70.3 Å². The van der Waals surface area contributed by atoms with Crippen molar-refractivity contribution in [1.29, 1.82) is 0 Å². The van der Waals surface area contributed by atoms with Crippen LogP contribution in [0.2, 0.25) is 5.02 Å². The Morgan fingerprint density at radius 2 is 1.53 bits per heavy atom. The molecule has 9 heteroatoms. The highest BCUT2D eigenvalue weighted by Crippen LogP contribution is 2.43. The third-order valence-electron chi connectivity index (χ3n) is 9.77. The summed E-state index contributed by atoms with van der Waals surface area (Å²) in [5.41, 5.74) is 2.99. The summed E-state index contributed by atoms with van der Waals surface area (Å²) >= 11 is 6.14. The van der Waals surface area contributed by atoms with Crippen molar-refractivity contribution >= 4 is 40.2 Å². The lowest BCUT2D eigenvalue weighted by Gasteiger charge is -2.54. The van der Waals surface area contributed by atoms with Crippen LogP contribution in [0.5, 0.6) is 0 Å². The molecular formula is C38H42ClN5O3. The first-order valence-electron chi connectivity index (χ1n) is 16.6. The van der Waals surface area contributed by atoms with Crippen LogP contribution in [0.3, 0.4) is 0 Å². The van der Waals surface area contributed by atoms with E-state index in [-0.39, 0.29) is 29.3 Å². The maximum absolute atomic E-state index is 14.2. The minimum absolute atomic E-state index is 0.0417. The summed E-state index contributed by atoms with van der Waals surface area (Å²) in [4.78, 5) is 49.1. The smallest absolute Gasteiger partial charge is 0.253 e. The van der Waals surface area contributed by atoms with E-state index in [0.29, 0.717) is 43.2 Å². The number of benzene rings is 3. The standard InChI is InChI=1S/C38H42ClN5O3/c1-27(45)41-35(29-10-4-2-5-11-29)38(18-8-3-9-19-38)44-22-20-43(21-23-44)37(47)34(24-28-14-16-32(39)17-15-28)42-36(46)31-25-30-12-6-7-13-33(30)40-26-31/h2,4-7,10-17,25-26,34-35H,3,8-9,18-24H2,1H3,(H,41,45)(H,42,46). The lowest BCUT2D eigenvalue weighted by Crippen LogP contribution is -2.64. The predicted octanol–water partition coefficient (Wildman–Crippen LogP) is 5.95. The van der Waals surface area contributed by atoms with Gasteiger partial charge in [-0.3, -0.25) is 24.3 Å². The normalized spacial score (nSPS) is 17.9. The Bertz CT molecular complexity index is 1700. The second-order valence-corrected chi connectivity index (χ2v) is 13.2. The number of carbonyl (C=O) groups is 3. The summed E-state index contributed by atoms with van der Waals surface area (Å²) in [6.45, 7) is 4.03. The summed E-state index contributed by atoms with van der Waals surface area (Å²) in [7, 11) is 0. The number of piperazine rings is 1. The predicted molar refractivity (Wildman–Crippen MR) is 185 cm³/mol. The number of nitrogens with zero attached hydrogens (tertiary/aromatic N) is 3. The van der Waals surface area contributed by atoms with Crippen LogP contribution >= 0.6 is 11.6 Å². The second kappa shape index (κ2) is 14.7. The van der Waals surface area contributed by atoms with E-state index in [9.17, 15) is 14.4 Å². The Labute approximate surface area is 281 Å². The van der Waals surface area contributed by atoms with E-state index < -0.39 is 6.04 Å². The molecule has 1 aliphatic heterocycles. The van der Waals surface area contributed by atoms with E-state index in [1.807, 2.05) is 65.6 Å². The first kappa shape index (κ1) is 32.7. The van der Waals surface area contributed by atoms with Crippen molar-refractivity contribution in [3.8, 4) is 0 Å². The minimum Gasteiger partial charge on any atom is -0.348 e. The number of nitrogens with one attached hydrogen (secondary N) is 2. The van der Waals surface area contributed by atoms with Crippen molar-refractivity contribution < 1.29 is 14.4 Å². The van der Waals surface area contributed by atoms with E-state index in [0.717, 1.165) is 47.7 Å². The fourth-order valence-corrected chi connectivity index (χ4v) is 7.54. The minimum atomic E-state index is -0.762. The van der Waals surface area contributed by atoms with E-state index in [2.05, 4.69) is 32.7 Å². The molecule has 2 atom stereocenters. The van der Waals surface area contributed by atoms with Crippen molar-refractivity contribution in [2.45, 2.75) is 63.1 Å². The van der Waals surface area contributed by atoms with Gasteiger partial charge in [-0.2, -0.15) is 0 Å². The maximum Gasteiger partial charge on any atom is 0.253 e. The number of pyridine rings is 1. The van der Waals surface area contributed by atoms with Crippen LogP contribution in [0.25, 0.3) is 10.9 Å². The zero-order valence-electron chi connectivity index (χ0n) is 26.8. The first-order valence-corrected chi connectivity index (χ1v) is 17.0. The summed E-state index contributed by atoms with van der Waals surface area (Å²) in [5.74, 6) is -0.489. The molecule has 6 rings (SSSR count). The van der Waals surface area contributed by atoms with Crippen molar-refractivity contribution in [3.05, 3.63) is 113 Å². The van der Waals surface area contributed by atoms with Crippen LogP contribution in [-0.2, 0) is 16.0 Å². The van der Waals surface area contributed by atoms with Gasteiger partial charge in [-0.1, -0.05) is 91.5 Å². The van der Waals surface area contributed by atoms with Gasteiger partial charge in [0.05, 0.1) is 17.1 Å². The van der Waals surface area contributed by atoms with Gasteiger partial charge < -0.3 is 15.5 Å². The largest absolute Gasteiger partial charge is 0.348 e. The van der Waals surface area contributed by atoms with E-state index in [4.69, 9.17) is 11.6 Å². The van der Waals surface area contributed by atoms with Crippen molar-refractivity contribution in [2.75, 3.05) is 26.2 Å². The quantitative estimate of drug-likeness (QED) is 0.233. The number of amides is 3. The highest BCUT2D eigenvalue weighted by Gasteiger charge is 2.47. The molecule has 0 radical (unpaired) electrons. The molecule has 2 fully saturated rings. The van der Waals surface area contributed by atoms with Crippen LogP contribution < -0.4 is 10.6 Å². The molecule has 0 bridgehead atoms. The Kier molecular flexibility index (Phi) is 10.2. The van der Waals surface area contributed by atoms with Gasteiger partial charge in [-0.25, -0.2) is 0 Å². The maximum atomic E-state index is 14.2. The van der Waals surface area contributed by atoms with Gasteiger partial charge >= 0.3 is 0 Å². The van der Waals surface area contributed by atoms with Gasteiger partial charge in [0, 0.05) is 61.7 Å². The lowest BCUT2D eigenvalue weighted by atomic mass is 9.72. The molecule has 3 aromatic carbocycles. The highest BCUT2D eigenvalue weighted by atomic mass is 35.5. The fraction of sp³-hybridized carbons (Fsp3) is 0.368. The van der Waals surface area contributed by atoms with Crippen LogP contribution in [0.15, 0.2) is 91.1 Å². The van der Waals surface area contributed by atoms with Gasteiger partial charge in [0.1, 0.15) is 6.04 Å². The third kappa shape index (κ3) is 7.50. The topological polar surface area (TPSA) is 94.6 Å². The van der Waals surface area contributed by atoms with Crippen LogP contribution in [0, 0.1) is 0 Å². The summed E-state index contributed by atoms with van der Waals surface area (Å²) in [6, 6.07) is 26.2. The molecule has 0 spiro atoms. The lowest BCUT2D eigenvalue weighted by molar-refractivity contribution is -0.137. The van der Waals surface area contributed by atoms with Crippen molar-refractivity contribution in [1.82, 2.24) is 25.4 Å². The Balaban J connectivity index is 1.21. The first-order chi connectivity index (χ1) is 22.8. The molecule has 3 amide bonds. The number of carbonyl (C=O) groups excluding carboxylic acids is 3. The molecule has 4 aromatic rings. The monoisotopic (exact) mass is 651 g/mol. The number of hydrogen-bond donors (Lipinski definition) is 2. The zero-order valence-corrected chi connectivity index (χ0v) is 27.6. The Hall–Kier alpha value is -4.27. The molecule has 1 aromatic heterocycles. The molecule has 2 N–H and O–H groups in total. The number of fused-ring (bicyclic) bond motifs is 1. The second-order valence-electron chi connectivity index (χ2n) is 12.8. The number of hydrogen-bond acceptors (Lipinski definition) is 5. The molecule has 1 aliphatic carbocycles. The Morgan fingerprint density at radius 3 is 2.23 bits per heavy atom. The highest BCUT2D eigenvalue weighted by molar-refractivity contribution is 6.30. The summed E-state index contributed by atoms with van der Waals surface area (Å²) in [6.07, 6.45) is 7.24. The molecule has 1 saturated heterocycles. The average Bonchev–Trinajstić information content (AvgIpc) is 3.11. The number of aromatic nitrogens is 1. The summed E-state index contributed by atoms with van der Waals surface area (Å²) in [5, 5.41) is 7.83. The molecular weight excluding hydrogens is 610 g/mol. The SMILES string of the molecule is CC(=O)NC(c1ccccc1)C1(N2CCN(C(=O)C(Cc3ccc(Cl)cc3)NC(=O)c3cnc4ccccc4c3)CC2)CCCCC1. The fourth-order valence-electron chi connectivity index (χ4n) is 7.41. The molecule has 1 saturated carbocycles. The van der Waals surface area contributed by atoms with Gasteiger partial charge in [0.15, 0.2) is 0 Å². The number of halogens is 1. The molecule has 47 heavy (non-hydrogen) atoms. The van der Waals surface area contributed by atoms with Gasteiger partial charge in [-0.15, -0.1) is 0 Å². The molecule has 2 heterocycles. The van der Waals surface area contributed by atoms with Crippen LogP contribution in [0.1, 0.15) is 66.6 Å². The van der Waals surface area contributed by atoms with Crippen molar-refractivity contribution in [2.24, 2.45) is 0 Å². The van der Waals surface area contributed by atoms with E-state index in [1.54, 1.807) is 25.3 Å². The third-order valence-corrected chi connectivity index (χ3v) is 10.0. The van der Waals surface area contributed by atoms with Crippen molar-refractivity contribution in [3.63, 3.8) is 0 Å². The number of rotatable bonds is 9. The zero-order chi connectivity index (χ0) is 32.8. The average molecular weight is 652 g/mol. The number of para-hydroxylation sites is 1. The molecule has 2 unspecified atom stereocenters. The van der Waals surface area contributed by atoms with Gasteiger partial charge in [-0.05, 0) is 48.2 Å². The van der Waals surface area contributed by atoms with Crippen LogP contribution in [0.4, 0.5) is 0 Å². The molecule has 8 nitrogen and oxygen atoms in total. The summed E-state index contributed by atoms with van der Waals surface area (Å²) < 4.78 is 0. The van der Waals surface area contributed by atoms with E-state index >= 15 is 0 Å². The molecule has 244 valence electrons.